The quantitative estimate of drug-likeness (QED) is 0.758. The van der Waals surface area contributed by atoms with E-state index in [1.807, 2.05) is 61.5 Å². The first-order chi connectivity index (χ1) is 11.6. The molecule has 120 valence electrons. The Morgan fingerprint density at radius 1 is 0.917 bits per heavy atom. The summed E-state index contributed by atoms with van der Waals surface area (Å²) in [5, 5.41) is 5.95. The van der Waals surface area contributed by atoms with E-state index in [-0.39, 0.29) is 5.91 Å². The van der Waals surface area contributed by atoms with Gasteiger partial charge in [0, 0.05) is 30.1 Å². The van der Waals surface area contributed by atoms with Gasteiger partial charge in [-0.1, -0.05) is 29.8 Å². The van der Waals surface area contributed by atoms with Gasteiger partial charge in [-0.15, -0.1) is 0 Å². The lowest BCUT2D eigenvalue weighted by molar-refractivity contribution is -0.114. The van der Waals surface area contributed by atoms with Crippen molar-refractivity contribution in [2.75, 3.05) is 10.6 Å². The molecule has 0 saturated carbocycles. The molecule has 0 atom stereocenters. The fourth-order valence-corrected chi connectivity index (χ4v) is 2.27. The Balaban J connectivity index is 1.79. The van der Waals surface area contributed by atoms with Crippen molar-refractivity contribution in [3.05, 3.63) is 66.4 Å². The number of hydrogen-bond donors (Lipinski definition) is 2. The maximum absolute atomic E-state index is 11.1. The van der Waals surface area contributed by atoms with E-state index in [2.05, 4.69) is 20.6 Å². The summed E-state index contributed by atoms with van der Waals surface area (Å²) in [6.45, 7) is 3.53. The molecule has 0 spiro atoms. The molecule has 3 aromatic rings. The molecular formula is C19H18N4O. The third-order valence-corrected chi connectivity index (χ3v) is 3.46. The van der Waals surface area contributed by atoms with Crippen LogP contribution in [0.2, 0.25) is 0 Å². The molecule has 0 bridgehead atoms. The van der Waals surface area contributed by atoms with Gasteiger partial charge in [0.2, 0.25) is 11.9 Å². The number of amides is 1. The molecule has 0 fully saturated rings. The van der Waals surface area contributed by atoms with Crippen LogP contribution in [-0.2, 0) is 4.79 Å². The van der Waals surface area contributed by atoms with E-state index in [1.165, 1.54) is 12.5 Å². The van der Waals surface area contributed by atoms with Crippen LogP contribution >= 0.6 is 0 Å². The summed E-state index contributed by atoms with van der Waals surface area (Å²) in [7, 11) is 0. The lowest BCUT2D eigenvalue weighted by atomic mass is 10.1. The predicted molar refractivity (Wildman–Crippen MR) is 96.2 cm³/mol. The number of nitrogens with zero attached hydrogens (tertiary/aromatic N) is 2. The molecule has 3 rings (SSSR count). The maximum Gasteiger partial charge on any atom is 0.227 e. The SMILES string of the molecule is CC(=O)Nc1ccc(-c2ccnc(Nc3ccc(C)cc3)n2)cc1. The third kappa shape index (κ3) is 3.95. The zero-order valence-corrected chi connectivity index (χ0v) is 13.6. The summed E-state index contributed by atoms with van der Waals surface area (Å²) < 4.78 is 0. The molecule has 5 heteroatoms. The van der Waals surface area contributed by atoms with Crippen LogP contribution in [0.5, 0.6) is 0 Å². The van der Waals surface area contributed by atoms with Gasteiger partial charge in [0.05, 0.1) is 5.69 Å². The number of carbonyl (C=O) groups is 1. The van der Waals surface area contributed by atoms with E-state index >= 15 is 0 Å². The van der Waals surface area contributed by atoms with Gasteiger partial charge >= 0.3 is 0 Å². The van der Waals surface area contributed by atoms with E-state index < -0.39 is 0 Å². The van der Waals surface area contributed by atoms with Gasteiger partial charge in [-0.2, -0.15) is 0 Å². The second-order valence-electron chi connectivity index (χ2n) is 5.52. The van der Waals surface area contributed by atoms with Crippen LogP contribution < -0.4 is 10.6 Å². The molecule has 0 unspecified atom stereocenters. The Morgan fingerprint density at radius 2 is 1.58 bits per heavy atom. The number of benzene rings is 2. The molecule has 0 aliphatic rings. The van der Waals surface area contributed by atoms with Gasteiger partial charge < -0.3 is 10.6 Å². The highest BCUT2D eigenvalue weighted by Gasteiger charge is 2.04. The average Bonchev–Trinajstić information content (AvgIpc) is 2.57. The topological polar surface area (TPSA) is 66.9 Å². The van der Waals surface area contributed by atoms with Crippen LogP contribution in [-0.4, -0.2) is 15.9 Å². The van der Waals surface area contributed by atoms with Crippen molar-refractivity contribution in [2.45, 2.75) is 13.8 Å². The number of aromatic nitrogens is 2. The van der Waals surface area contributed by atoms with Crippen LogP contribution in [0.15, 0.2) is 60.8 Å². The largest absolute Gasteiger partial charge is 0.326 e. The predicted octanol–water partition coefficient (Wildman–Crippen LogP) is 4.15. The van der Waals surface area contributed by atoms with E-state index in [4.69, 9.17) is 0 Å². The molecular weight excluding hydrogens is 300 g/mol. The number of anilines is 3. The van der Waals surface area contributed by atoms with Crippen molar-refractivity contribution >= 4 is 23.2 Å². The second-order valence-corrected chi connectivity index (χ2v) is 5.52. The molecule has 2 N–H and O–H groups in total. The van der Waals surface area contributed by atoms with Crippen LogP contribution in [0, 0.1) is 6.92 Å². The first-order valence-corrected chi connectivity index (χ1v) is 7.65. The molecule has 1 aromatic heterocycles. The van der Waals surface area contributed by atoms with Crippen molar-refractivity contribution in [1.82, 2.24) is 9.97 Å². The molecule has 0 saturated heterocycles. The van der Waals surface area contributed by atoms with E-state index in [0.29, 0.717) is 5.95 Å². The Kier molecular flexibility index (Phi) is 4.52. The number of rotatable bonds is 4. The molecule has 24 heavy (non-hydrogen) atoms. The highest BCUT2D eigenvalue weighted by Crippen LogP contribution is 2.21. The fourth-order valence-electron chi connectivity index (χ4n) is 2.27. The van der Waals surface area contributed by atoms with Crippen molar-refractivity contribution in [2.24, 2.45) is 0 Å². The number of aryl methyl sites for hydroxylation is 1. The number of nitrogens with one attached hydrogen (secondary N) is 2. The molecule has 1 heterocycles. The Bertz CT molecular complexity index is 842. The van der Waals surface area contributed by atoms with Crippen molar-refractivity contribution < 1.29 is 4.79 Å². The number of carbonyl (C=O) groups excluding carboxylic acids is 1. The van der Waals surface area contributed by atoms with Crippen LogP contribution in [0.4, 0.5) is 17.3 Å². The van der Waals surface area contributed by atoms with Crippen LogP contribution in [0.1, 0.15) is 12.5 Å². The minimum Gasteiger partial charge on any atom is -0.326 e. The normalized spacial score (nSPS) is 10.2. The van der Waals surface area contributed by atoms with Gasteiger partial charge in [0.1, 0.15) is 0 Å². The lowest BCUT2D eigenvalue weighted by Gasteiger charge is -2.08. The summed E-state index contributed by atoms with van der Waals surface area (Å²) in [6.07, 6.45) is 1.72. The maximum atomic E-state index is 11.1. The van der Waals surface area contributed by atoms with E-state index in [1.54, 1.807) is 6.20 Å². The monoisotopic (exact) mass is 318 g/mol. The molecule has 0 aliphatic heterocycles. The summed E-state index contributed by atoms with van der Waals surface area (Å²) >= 11 is 0. The summed E-state index contributed by atoms with van der Waals surface area (Å²) in [5.41, 5.74) is 4.68. The zero-order valence-electron chi connectivity index (χ0n) is 13.6. The van der Waals surface area contributed by atoms with E-state index in [9.17, 15) is 4.79 Å². The van der Waals surface area contributed by atoms with Gasteiger partial charge in [-0.25, -0.2) is 9.97 Å². The minimum atomic E-state index is -0.0885. The van der Waals surface area contributed by atoms with Crippen LogP contribution in [0.25, 0.3) is 11.3 Å². The molecule has 5 nitrogen and oxygen atoms in total. The standard InChI is InChI=1S/C19H18N4O/c1-13-3-7-17(8-4-13)22-19-20-12-11-18(23-19)15-5-9-16(10-6-15)21-14(2)24/h3-12H,1-2H3,(H,21,24)(H,20,22,23). The fraction of sp³-hybridized carbons (Fsp3) is 0.105. The van der Waals surface area contributed by atoms with Gasteiger partial charge in [-0.05, 0) is 37.3 Å². The van der Waals surface area contributed by atoms with Crippen molar-refractivity contribution in [3.8, 4) is 11.3 Å². The second kappa shape index (κ2) is 6.91. The summed E-state index contributed by atoms with van der Waals surface area (Å²) in [5.74, 6) is 0.455. The van der Waals surface area contributed by atoms with Crippen molar-refractivity contribution in [1.29, 1.82) is 0 Å². The Morgan fingerprint density at radius 3 is 2.25 bits per heavy atom. The first kappa shape index (κ1) is 15.7. The Labute approximate surface area is 140 Å². The van der Waals surface area contributed by atoms with Crippen LogP contribution in [0.3, 0.4) is 0 Å². The van der Waals surface area contributed by atoms with Crippen molar-refractivity contribution in [3.63, 3.8) is 0 Å². The van der Waals surface area contributed by atoms with Gasteiger partial charge in [0.15, 0.2) is 0 Å². The third-order valence-electron chi connectivity index (χ3n) is 3.46. The highest BCUT2D eigenvalue weighted by atomic mass is 16.1. The molecule has 1 amide bonds. The molecule has 0 radical (unpaired) electrons. The lowest BCUT2D eigenvalue weighted by Crippen LogP contribution is -2.05. The number of hydrogen-bond acceptors (Lipinski definition) is 4. The molecule has 0 aliphatic carbocycles. The van der Waals surface area contributed by atoms with Gasteiger partial charge in [0.25, 0.3) is 0 Å². The highest BCUT2D eigenvalue weighted by molar-refractivity contribution is 5.88. The summed E-state index contributed by atoms with van der Waals surface area (Å²) in [6, 6.07) is 17.5. The Hall–Kier alpha value is -3.21. The molecule has 2 aromatic carbocycles. The summed E-state index contributed by atoms with van der Waals surface area (Å²) in [4.78, 5) is 19.9. The zero-order chi connectivity index (χ0) is 16.9. The smallest absolute Gasteiger partial charge is 0.227 e. The average molecular weight is 318 g/mol. The van der Waals surface area contributed by atoms with E-state index in [0.717, 1.165) is 22.6 Å². The van der Waals surface area contributed by atoms with Gasteiger partial charge in [-0.3, -0.25) is 4.79 Å². The first-order valence-electron chi connectivity index (χ1n) is 7.65. The minimum absolute atomic E-state index is 0.0885.